The van der Waals surface area contributed by atoms with Crippen LogP contribution in [0.4, 0.5) is 0 Å². The molecule has 168 valence electrons. The minimum atomic E-state index is -1.43. The largest absolute Gasteiger partial charge is 0.464 e. The molecule has 4 nitrogen and oxygen atoms in total. The van der Waals surface area contributed by atoms with Crippen molar-refractivity contribution in [3.05, 3.63) is 34.4 Å². The highest BCUT2D eigenvalue weighted by atomic mass is 31.1. The van der Waals surface area contributed by atoms with Gasteiger partial charge in [-0.2, -0.15) is 0 Å². The van der Waals surface area contributed by atoms with Crippen molar-refractivity contribution in [1.82, 2.24) is 0 Å². The van der Waals surface area contributed by atoms with Crippen LogP contribution in [0.25, 0.3) is 0 Å². The van der Waals surface area contributed by atoms with E-state index in [0.717, 1.165) is 23.1 Å². The maximum Gasteiger partial charge on any atom is 0.324 e. The van der Waals surface area contributed by atoms with Crippen molar-refractivity contribution in [3.8, 4) is 0 Å². The van der Waals surface area contributed by atoms with Gasteiger partial charge in [-0.15, -0.1) is 0 Å². The van der Waals surface area contributed by atoms with Crippen molar-refractivity contribution in [3.63, 3.8) is 0 Å². The lowest BCUT2D eigenvalue weighted by Gasteiger charge is -2.33. The molecule has 3 unspecified atom stereocenters. The number of benzene rings is 1. The lowest BCUT2D eigenvalue weighted by Crippen LogP contribution is -2.46. The molecular formula is C25H39O4P. The van der Waals surface area contributed by atoms with Crippen LogP contribution in [-0.4, -0.2) is 23.5 Å². The second-order valence-electron chi connectivity index (χ2n) is 10.6. The van der Waals surface area contributed by atoms with Gasteiger partial charge in [-0.25, -0.2) is 0 Å². The summed E-state index contributed by atoms with van der Waals surface area (Å²) in [4.78, 5) is 26.7. The Morgan fingerprint density at radius 1 is 1.00 bits per heavy atom. The highest BCUT2D eigenvalue weighted by molar-refractivity contribution is 7.27. The molecule has 0 saturated heterocycles. The van der Waals surface area contributed by atoms with Gasteiger partial charge in [-0.05, 0) is 62.5 Å². The predicted octanol–water partition coefficient (Wildman–Crippen LogP) is 6.73. The zero-order valence-corrected chi connectivity index (χ0v) is 21.3. The van der Waals surface area contributed by atoms with Crippen molar-refractivity contribution in [2.45, 2.75) is 80.8 Å². The quantitative estimate of drug-likeness (QED) is 0.245. The first-order valence-corrected chi connectivity index (χ1v) is 11.6. The standard InChI is InChI=1S/C25H39O4P/c1-15(2)21(22(26)20-18(5)11-16(3)12-19(20)6)25(10,30-28)23(27)29-14-17(4)13-24(7,8)9/h11-12,15,17,21H,13-14H2,1-10H3. The van der Waals surface area contributed by atoms with Gasteiger partial charge in [0.25, 0.3) is 0 Å². The third-order valence-corrected chi connectivity index (χ3v) is 6.38. The Morgan fingerprint density at radius 3 is 1.90 bits per heavy atom. The van der Waals surface area contributed by atoms with Crippen LogP contribution in [-0.2, 0) is 14.1 Å². The van der Waals surface area contributed by atoms with Crippen molar-refractivity contribution in [1.29, 1.82) is 0 Å². The Balaban J connectivity index is 3.22. The summed E-state index contributed by atoms with van der Waals surface area (Å²) in [7, 11) is -0.397. The molecule has 1 aromatic rings. The van der Waals surface area contributed by atoms with Crippen LogP contribution < -0.4 is 0 Å². The molecule has 30 heavy (non-hydrogen) atoms. The van der Waals surface area contributed by atoms with E-state index < -0.39 is 25.5 Å². The molecule has 0 bridgehead atoms. The number of ether oxygens (including phenoxy) is 1. The molecule has 0 N–H and O–H groups in total. The Bertz CT molecular complexity index is 768. The minimum absolute atomic E-state index is 0.128. The SMILES string of the molecule is Cc1cc(C)c(C(=O)C(C(C)C)C(C)(P=O)C(=O)OCC(C)CC(C)(C)C)c(C)c1. The Morgan fingerprint density at radius 2 is 1.50 bits per heavy atom. The number of carbonyl (C=O) groups excluding carboxylic acids is 2. The van der Waals surface area contributed by atoms with E-state index in [1.165, 1.54) is 0 Å². The zero-order chi connectivity index (χ0) is 23.4. The van der Waals surface area contributed by atoms with E-state index in [0.29, 0.717) is 5.56 Å². The fourth-order valence-electron chi connectivity index (χ4n) is 4.62. The van der Waals surface area contributed by atoms with Crippen molar-refractivity contribution < 1.29 is 18.9 Å². The van der Waals surface area contributed by atoms with Gasteiger partial charge >= 0.3 is 5.97 Å². The summed E-state index contributed by atoms with van der Waals surface area (Å²) in [6.07, 6.45) is 0.903. The number of rotatable bonds is 9. The van der Waals surface area contributed by atoms with E-state index in [9.17, 15) is 14.2 Å². The molecule has 0 saturated carbocycles. The van der Waals surface area contributed by atoms with Gasteiger partial charge in [-0.1, -0.05) is 59.2 Å². The monoisotopic (exact) mass is 434 g/mol. The van der Waals surface area contributed by atoms with E-state index in [1.807, 2.05) is 53.7 Å². The minimum Gasteiger partial charge on any atom is -0.464 e. The van der Waals surface area contributed by atoms with E-state index in [4.69, 9.17) is 4.74 Å². The maximum atomic E-state index is 13.6. The number of aryl methyl sites for hydroxylation is 3. The smallest absolute Gasteiger partial charge is 0.324 e. The van der Waals surface area contributed by atoms with Crippen LogP contribution in [0.1, 0.15) is 81.9 Å². The summed E-state index contributed by atoms with van der Waals surface area (Å²) in [6, 6.07) is 3.94. The summed E-state index contributed by atoms with van der Waals surface area (Å²) in [5.74, 6) is -1.47. The number of ketones is 1. The van der Waals surface area contributed by atoms with Gasteiger partial charge in [0.15, 0.2) is 19.4 Å². The molecule has 3 atom stereocenters. The first-order chi connectivity index (χ1) is 13.6. The number of esters is 1. The second-order valence-corrected chi connectivity index (χ2v) is 11.7. The molecule has 0 aliphatic carbocycles. The lowest BCUT2D eigenvalue weighted by atomic mass is 9.76. The molecule has 0 aromatic heterocycles. The molecule has 0 aliphatic heterocycles. The third kappa shape index (κ3) is 6.48. The van der Waals surface area contributed by atoms with Gasteiger partial charge in [0.05, 0.1) is 12.5 Å². The molecule has 0 fully saturated rings. The number of hydrogen-bond donors (Lipinski definition) is 0. The summed E-state index contributed by atoms with van der Waals surface area (Å²) in [5, 5.41) is -1.43. The van der Waals surface area contributed by atoms with Crippen LogP contribution >= 0.6 is 8.46 Å². The summed E-state index contributed by atoms with van der Waals surface area (Å²) in [5.41, 5.74) is 3.58. The maximum absolute atomic E-state index is 13.6. The summed E-state index contributed by atoms with van der Waals surface area (Å²) in [6.45, 7) is 19.9. The molecule has 0 spiro atoms. The highest BCUT2D eigenvalue weighted by Crippen LogP contribution is 2.41. The third-order valence-electron chi connectivity index (χ3n) is 5.54. The zero-order valence-electron chi connectivity index (χ0n) is 20.4. The average Bonchev–Trinajstić information content (AvgIpc) is 2.56. The van der Waals surface area contributed by atoms with Crippen molar-refractivity contribution >= 4 is 20.2 Å². The van der Waals surface area contributed by atoms with E-state index >= 15 is 0 Å². The highest BCUT2D eigenvalue weighted by Gasteiger charge is 2.50. The first-order valence-electron chi connectivity index (χ1n) is 10.8. The van der Waals surface area contributed by atoms with Crippen molar-refractivity contribution in [2.75, 3.05) is 6.61 Å². The second kappa shape index (κ2) is 10.2. The van der Waals surface area contributed by atoms with Crippen LogP contribution in [0.15, 0.2) is 12.1 Å². The van der Waals surface area contributed by atoms with Gasteiger partial charge in [-0.3, -0.25) is 14.2 Å². The average molecular weight is 435 g/mol. The Labute approximate surface area is 184 Å². The molecule has 0 heterocycles. The molecule has 0 aliphatic rings. The van der Waals surface area contributed by atoms with Gasteiger partial charge < -0.3 is 4.74 Å². The molecular weight excluding hydrogens is 395 g/mol. The summed E-state index contributed by atoms with van der Waals surface area (Å²) < 4.78 is 17.9. The molecule has 0 radical (unpaired) electrons. The van der Waals surface area contributed by atoms with Crippen LogP contribution in [0.2, 0.25) is 0 Å². The number of hydrogen-bond acceptors (Lipinski definition) is 4. The number of Topliss-reactive ketones (excluding diaryl/α,β-unsaturated/α-hetero) is 1. The van der Waals surface area contributed by atoms with E-state index in [1.54, 1.807) is 6.92 Å². The molecule has 5 heteroatoms. The van der Waals surface area contributed by atoms with E-state index in [-0.39, 0.29) is 29.6 Å². The number of carbonyl (C=O) groups is 2. The fraction of sp³-hybridized carbons (Fsp3) is 0.680. The fourth-order valence-corrected chi connectivity index (χ4v) is 5.29. The Hall–Kier alpha value is -1.54. The molecule has 1 rings (SSSR count). The van der Waals surface area contributed by atoms with Crippen LogP contribution in [0, 0.1) is 43.9 Å². The normalized spacial score (nSPS) is 16.2. The van der Waals surface area contributed by atoms with Crippen LogP contribution in [0.5, 0.6) is 0 Å². The van der Waals surface area contributed by atoms with Gasteiger partial charge in [0, 0.05) is 5.56 Å². The molecule has 1 aromatic carbocycles. The Kier molecular flexibility index (Phi) is 8.99. The van der Waals surface area contributed by atoms with Gasteiger partial charge in [0.1, 0.15) is 0 Å². The predicted molar refractivity (Wildman–Crippen MR) is 124 cm³/mol. The van der Waals surface area contributed by atoms with Gasteiger partial charge in [0.2, 0.25) is 0 Å². The van der Waals surface area contributed by atoms with Crippen LogP contribution in [0.3, 0.4) is 0 Å². The molecule has 0 amide bonds. The topological polar surface area (TPSA) is 60.4 Å². The summed E-state index contributed by atoms with van der Waals surface area (Å²) >= 11 is 0. The first kappa shape index (κ1) is 26.5. The van der Waals surface area contributed by atoms with E-state index in [2.05, 4.69) is 20.8 Å². The van der Waals surface area contributed by atoms with Crippen molar-refractivity contribution in [2.24, 2.45) is 23.2 Å². The lowest BCUT2D eigenvalue weighted by molar-refractivity contribution is -0.149.